The summed E-state index contributed by atoms with van der Waals surface area (Å²) in [4.78, 5) is 12.6. The number of hydrogen-bond acceptors (Lipinski definition) is 4. The van der Waals surface area contributed by atoms with Crippen molar-refractivity contribution in [3.05, 3.63) is 83.9 Å². The maximum atomic E-state index is 12.6. The molecule has 0 fully saturated rings. The molecule has 0 bridgehead atoms. The van der Waals surface area contributed by atoms with Crippen LogP contribution in [-0.4, -0.2) is 20.0 Å². The Morgan fingerprint density at radius 3 is 1.92 bits per heavy atom. The lowest BCUT2D eigenvalue weighted by molar-refractivity contribution is 0.103. The summed E-state index contributed by atoms with van der Waals surface area (Å²) in [5.74, 6) is 2.45. The van der Waals surface area contributed by atoms with E-state index in [1.165, 1.54) is 0 Å². The van der Waals surface area contributed by atoms with Gasteiger partial charge in [0.25, 0.3) is 0 Å². The van der Waals surface area contributed by atoms with Crippen LogP contribution in [0.3, 0.4) is 0 Å². The van der Waals surface area contributed by atoms with Gasteiger partial charge in [0.05, 0.1) is 14.2 Å². The molecule has 0 saturated heterocycles. The molecule has 126 valence electrons. The average molecular weight is 334 g/mol. The summed E-state index contributed by atoms with van der Waals surface area (Å²) in [6.07, 6.45) is 0. The Morgan fingerprint density at radius 2 is 1.28 bits per heavy atom. The summed E-state index contributed by atoms with van der Waals surface area (Å²) < 4.78 is 16.2. The van der Waals surface area contributed by atoms with Crippen molar-refractivity contribution in [2.24, 2.45) is 0 Å². The van der Waals surface area contributed by atoms with Crippen molar-refractivity contribution in [1.29, 1.82) is 0 Å². The van der Waals surface area contributed by atoms with E-state index >= 15 is 0 Å². The van der Waals surface area contributed by atoms with Crippen LogP contribution in [-0.2, 0) is 0 Å². The monoisotopic (exact) mass is 334 g/mol. The molecule has 0 aromatic heterocycles. The van der Waals surface area contributed by atoms with E-state index in [0.29, 0.717) is 28.4 Å². The van der Waals surface area contributed by atoms with E-state index in [4.69, 9.17) is 14.2 Å². The Morgan fingerprint density at radius 1 is 0.680 bits per heavy atom. The van der Waals surface area contributed by atoms with Gasteiger partial charge in [0, 0.05) is 11.1 Å². The molecule has 25 heavy (non-hydrogen) atoms. The maximum absolute atomic E-state index is 12.6. The van der Waals surface area contributed by atoms with Crippen LogP contribution in [0.2, 0.25) is 0 Å². The van der Waals surface area contributed by atoms with E-state index in [0.717, 1.165) is 5.75 Å². The molecule has 0 saturated carbocycles. The smallest absolute Gasteiger partial charge is 0.193 e. The van der Waals surface area contributed by atoms with Crippen LogP contribution in [0.5, 0.6) is 23.0 Å². The van der Waals surface area contributed by atoms with Gasteiger partial charge in [-0.3, -0.25) is 4.79 Å². The molecule has 0 unspecified atom stereocenters. The van der Waals surface area contributed by atoms with Crippen molar-refractivity contribution in [2.45, 2.75) is 0 Å². The number of ether oxygens (including phenoxy) is 3. The van der Waals surface area contributed by atoms with Gasteiger partial charge in [-0.25, -0.2) is 0 Å². The summed E-state index contributed by atoms with van der Waals surface area (Å²) in [5, 5.41) is 0. The second-order valence-corrected chi connectivity index (χ2v) is 5.34. The van der Waals surface area contributed by atoms with Gasteiger partial charge in [0.1, 0.15) is 11.5 Å². The molecule has 0 atom stereocenters. The van der Waals surface area contributed by atoms with Gasteiger partial charge in [-0.2, -0.15) is 0 Å². The van der Waals surface area contributed by atoms with Gasteiger partial charge >= 0.3 is 0 Å². The van der Waals surface area contributed by atoms with E-state index < -0.39 is 0 Å². The van der Waals surface area contributed by atoms with Gasteiger partial charge in [-0.15, -0.1) is 0 Å². The number of para-hydroxylation sites is 1. The molecule has 0 aliphatic heterocycles. The fourth-order valence-electron chi connectivity index (χ4n) is 2.44. The number of hydrogen-bond donors (Lipinski definition) is 0. The summed E-state index contributed by atoms with van der Waals surface area (Å²) in [6, 6.07) is 21.7. The molecule has 4 heteroatoms. The first-order chi connectivity index (χ1) is 12.2. The zero-order chi connectivity index (χ0) is 17.6. The molecule has 0 N–H and O–H groups in total. The zero-order valence-corrected chi connectivity index (χ0v) is 14.1. The lowest BCUT2D eigenvalue weighted by Gasteiger charge is -2.09. The Kier molecular flexibility index (Phi) is 5.00. The topological polar surface area (TPSA) is 44.8 Å². The van der Waals surface area contributed by atoms with Crippen molar-refractivity contribution in [1.82, 2.24) is 0 Å². The van der Waals surface area contributed by atoms with E-state index in [2.05, 4.69) is 0 Å². The lowest BCUT2D eigenvalue weighted by atomic mass is 10.0. The van der Waals surface area contributed by atoms with Crippen LogP contribution in [0.15, 0.2) is 72.8 Å². The second kappa shape index (κ2) is 7.53. The average Bonchev–Trinajstić information content (AvgIpc) is 2.68. The summed E-state index contributed by atoms with van der Waals surface area (Å²) >= 11 is 0. The van der Waals surface area contributed by atoms with Crippen molar-refractivity contribution < 1.29 is 19.0 Å². The van der Waals surface area contributed by atoms with E-state index in [1.807, 2.05) is 30.3 Å². The molecule has 3 aromatic rings. The maximum Gasteiger partial charge on any atom is 0.193 e. The predicted octanol–water partition coefficient (Wildman–Crippen LogP) is 4.73. The van der Waals surface area contributed by atoms with E-state index in [9.17, 15) is 4.79 Å². The van der Waals surface area contributed by atoms with Crippen molar-refractivity contribution in [3.8, 4) is 23.0 Å². The van der Waals surface area contributed by atoms with Crippen LogP contribution in [0.1, 0.15) is 15.9 Å². The second-order valence-electron chi connectivity index (χ2n) is 5.34. The highest BCUT2D eigenvalue weighted by molar-refractivity contribution is 6.09. The minimum atomic E-state index is -0.0905. The number of benzene rings is 3. The minimum absolute atomic E-state index is 0.0905. The molecular weight excluding hydrogens is 316 g/mol. The third-order valence-electron chi connectivity index (χ3n) is 3.74. The highest BCUT2D eigenvalue weighted by Crippen LogP contribution is 2.29. The zero-order valence-electron chi connectivity index (χ0n) is 14.1. The fraction of sp³-hybridized carbons (Fsp3) is 0.0952. The lowest BCUT2D eigenvalue weighted by Crippen LogP contribution is -2.02. The van der Waals surface area contributed by atoms with Crippen LogP contribution >= 0.6 is 0 Å². The van der Waals surface area contributed by atoms with Crippen molar-refractivity contribution >= 4 is 5.78 Å². The molecule has 0 heterocycles. The fourth-order valence-corrected chi connectivity index (χ4v) is 2.44. The minimum Gasteiger partial charge on any atom is -0.493 e. The highest BCUT2D eigenvalue weighted by Gasteiger charge is 2.13. The Bertz CT molecular complexity index is 855. The summed E-state index contributed by atoms with van der Waals surface area (Å²) in [5.41, 5.74) is 1.11. The Labute approximate surface area is 146 Å². The van der Waals surface area contributed by atoms with Crippen molar-refractivity contribution in [3.63, 3.8) is 0 Å². The molecule has 0 spiro atoms. The molecule has 0 aliphatic carbocycles. The van der Waals surface area contributed by atoms with Gasteiger partial charge in [-0.1, -0.05) is 18.2 Å². The first-order valence-electron chi connectivity index (χ1n) is 7.81. The van der Waals surface area contributed by atoms with Crippen LogP contribution in [0, 0.1) is 0 Å². The molecule has 3 rings (SSSR count). The van der Waals surface area contributed by atoms with E-state index in [1.54, 1.807) is 56.7 Å². The predicted molar refractivity (Wildman–Crippen MR) is 95.9 cm³/mol. The molecule has 4 nitrogen and oxygen atoms in total. The quantitative estimate of drug-likeness (QED) is 0.612. The third-order valence-corrected chi connectivity index (χ3v) is 3.74. The standard InChI is InChI=1S/C21H18O4/c1-23-19-13-10-16(14-20(19)24-2)21(22)15-8-11-18(12-9-15)25-17-6-4-3-5-7-17/h3-14H,1-2H3. The molecule has 3 aromatic carbocycles. The van der Waals surface area contributed by atoms with Gasteiger partial charge in [0.2, 0.25) is 0 Å². The molecular formula is C21H18O4. The highest BCUT2D eigenvalue weighted by atomic mass is 16.5. The SMILES string of the molecule is COc1ccc(C(=O)c2ccc(Oc3ccccc3)cc2)cc1OC. The third kappa shape index (κ3) is 3.80. The largest absolute Gasteiger partial charge is 0.493 e. The number of rotatable bonds is 6. The van der Waals surface area contributed by atoms with Crippen LogP contribution < -0.4 is 14.2 Å². The van der Waals surface area contributed by atoms with Gasteiger partial charge < -0.3 is 14.2 Å². The normalized spacial score (nSPS) is 10.2. The Balaban J connectivity index is 1.79. The van der Waals surface area contributed by atoms with Crippen LogP contribution in [0.25, 0.3) is 0 Å². The summed E-state index contributed by atoms with van der Waals surface area (Å²) in [6.45, 7) is 0. The number of methoxy groups -OCH3 is 2. The van der Waals surface area contributed by atoms with Crippen LogP contribution in [0.4, 0.5) is 0 Å². The number of ketones is 1. The Hall–Kier alpha value is -3.27. The first kappa shape index (κ1) is 16.6. The first-order valence-corrected chi connectivity index (χ1v) is 7.81. The number of carbonyl (C=O) groups excluding carboxylic acids is 1. The van der Waals surface area contributed by atoms with Gasteiger partial charge in [0.15, 0.2) is 17.3 Å². The van der Waals surface area contributed by atoms with E-state index in [-0.39, 0.29) is 5.78 Å². The molecule has 0 aliphatic rings. The summed E-state index contributed by atoms with van der Waals surface area (Å²) in [7, 11) is 3.10. The van der Waals surface area contributed by atoms with Gasteiger partial charge in [-0.05, 0) is 54.6 Å². The number of carbonyl (C=O) groups is 1. The molecule has 0 radical (unpaired) electrons. The molecule has 0 amide bonds. The van der Waals surface area contributed by atoms with Crippen molar-refractivity contribution in [2.75, 3.05) is 14.2 Å².